The molecular formula is C9H23NO. The van der Waals surface area contributed by atoms with Crippen molar-refractivity contribution < 1.29 is 10.4 Å². The SMILES string of the molecule is CC(C)[NH+](C(C)C)C(C)C.[OH-]. The summed E-state index contributed by atoms with van der Waals surface area (Å²) < 4.78 is 0. The molecule has 0 spiro atoms. The first-order chi connectivity index (χ1) is 4.46. The maximum absolute atomic E-state index is 2.29. The Hall–Kier alpha value is -0.0800. The van der Waals surface area contributed by atoms with Crippen LogP contribution in [-0.4, -0.2) is 23.6 Å². The molecule has 0 fully saturated rings. The maximum Gasteiger partial charge on any atom is 0.0821 e. The second kappa shape index (κ2) is 5.56. The van der Waals surface area contributed by atoms with Gasteiger partial charge < -0.3 is 10.4 Å². The minimum absolute atomic E-state index is 0. The third kappa shape index (κ3) is 4.38. The molecule has 0 saturated carbocycles. The zero-order valence-corrected chi connectivity index (χ0v) is 8.68. The first-order valence-corrected chi connectivity index (χ1v) is 4.33. The van der Waals surface area contributed by atoms with Crippen LogP contribution >= 0.6 is 0 Å². The van der Waals surface area contributed by atoms with E-state index in [2.05, 4.69) is 41.5 Å². The molecule has 0 aliphatic carbocycles. The fraction of sp³-hybridized carbons (Fsp3) is 1.00. The molecule has 0 aromatic rings. The van der Waals surface area contributed by atoms with Gasteiger partial charge in [-0.2, -0.15) is 0 Å². The zero-order valence-electron chi connectivity index (χ0n) is 8.68. The molecular weight excluding hydrogens is 138 g/mol. The van der Waals surface area contributed by atoms with Gasteiger partial charge in [-0.15, -0.1) is 0 Å². The molecule has 0 aromatic heterocycles. The largest absolute Gasteiger partial charge is 0.870 e. The molecule has 2 heteroatoms. The average Bonchev–Trinajstić information content (AvgIpc) is 1.59. The Kier molecular flexibility index (Phi) is 6.82. The average molecular weight is 161 g/mol. The number of nitrogens with one attached hydrogen (secondary N) is 1. The Bertz CT molecular complexity index is 70.5. The van der Waals surface area contributed by atoms with E-state index in [1.54, 1.807) is 4.90 Å². The van der Waals surface area contributed by atoms with Crippen LogP contribution in [0.4, 0.5) is 0 Å². The van der Waals surface area contributed by atoms with Crippen molar-refractivity contribution in [3.63, 3.8) is 0 Å². The topological polar surface area (TPSA) is 34.4 Å². The number of hydrogen-bond acceptors (Lipinski definition) is 1. The van der Waals surface area contributed by atoms with Crippen molar-refractivity contribution in [2.24, 2.45) is 0 Å². The third-order valence-corrected chi connectivity index (χ3v) is 2.00. The first-order valence-electron chi connectivity index (χ1n) is 4.33. The molecule has 0 aromatic carbocycles. The summed E-state index contributed by atoms with van der Waals surface area (Å²) in [6.45, 7) is 13.7. The van der Waals surface area contributed by atoms with E-state index in [0.717, 1.165) is 18.1 Å². The van der Waals surface area contributed by atoms with Crippen LogP contribution in [0.15, 0.2) is 0 Å². The second-order valence-electron chi connectivity index (χ2n) is 3.96. The van der Waals surface area contributed by atoms with Gasteiger partial charge in [-0.1, -0.05) is 0 Å². The quantitative estimate of drug-likeness (QED) is 0.656. The van der Waals surface area contributed by atoms with Crippen molar-refractivity contribution in [2.45, 2.75) is 59.7 Å². The Morgan fingerprint density at radius 1 is 0.636 bits per heavy atom. The number of hydrogen-bond donors (Lipinski definition) is 1. The van der Waals surface area contributed by atoms with Gasteiger partial charge in [-0.05, 0) is 41.5 Å². The summed E-state index contributed by atoms with van der Waals surface area (Å²) in [5, 5.41) is 0. The summed E-state index contributed by atoms with van der Waals surface area (Å²) in [5.74, 6) is 0. The maximum atomic E-state index is 2.29. The fourth-order valence-corrected chi connectivity index (χ4v) is 2.00. The molecule has 0 rings (SSSR count). The Labute approximate surface area is 70.9 Å². The van der Waals surface area contributed by atoms with Gasteiger partial charge in [0.15, 0.2) is 0 Å². The van der Waals surface area contributed by atoms with Gasteiger partial charge in [0.25, 0.3) is 0 Å². The highest BCUT2D eigenvalue weighted by Gasteiger charge is 2.19. The van der Waals surface area contributed by atoms with Crippen molar-refractivity contribution in [1.29, 1.82) is 0 Å². The first kappa shape index (κ1) is 13.5. The van der Waals surface area contributed by atoms with Crippen LogP contribution in [0.2, 0.25) is 0 Å². The summed E-state index contributed by atoms with van der Waals surface area (Å²) in [6, 6.07) is 2.25. The molecule has 0 aliphatic rings. The van der Waals surface area contributed by atoms with Crippen LogP contribution in [0.5, 0.6) is 0 Å². The lowest BCUT2D eigenvalue weighted by atomic mass is 10.2. The highest BCUT2D eigenvalue weighted by molar-refractivity contribution is 4.45. The summed E-state index contributed by atoms with van der Waals surface area (Å²) in [7, 11) is 0. The highest BCUT2D eigenvalue weighted by Crippen LogP contribution is 1.81. The van der Waals surface area contributed by atoms with Gasteiger partial charge in [0.05, 0.1) is 18.1 Å². The van der Waals surface area contributed by atoms with Gasteiger partial charge in [0, 0.05) is 0 Å². The van der Waals surface area contributed by atoms with Gasteiger partial charge >= 0.3 is 0 Å². The molecule has 11 heavy (non-hydrogen) atoms. The fourth-order valence-electron chi connectivity index (χ4n) is 2.00. The lowest BCUT2D eigenvalue weighted by Crippen LogP contribution is -3.20. The standard InChI is InChI=1S/C9H21N.H2O/c1-7(2)10(8(3)4)9(5)6;/h7-9H,1-6H3;1H2. The zero-order chi connectivity index (χ0) is 8.31. The Morgan fingerprint density at radius 3 is 0.818 bits per heavy atom. The Balaban J connectivity index is 0. The predicted molar refractivity (Wildman–Crippen MR) is 48.3 cm³/mol. The van der Waals surface area contributed by atoms with Crippen LogP contribution < -0.4 is 4.90 Å². The normalized spacial score (nSPS) is 11.5. The van der Waals surface area contributed by atoms with Crippen LogP contribution in [0.1, 0.15) is 41.5 Å². The van der Waals surface area contributed by atoms with Gasteiger partial charge in [0.1, 0.15) is 0 Å². The van der Waals surface area contributed by atoms with Crippen LogP contribution in [0, 0.1) is 0 Å². The minimum atomic E-state index is 0. The molecule has 0 unspecified atom stereocenters. The third-order valence-electron chi connectivity index (χ3n) is 2.00. The van der Waals surface area contributed by atoms with Gasteiger partial charge in [0.2, 0.25) is 0 Å². The molecule has 70 valence electrons. The summed E-state index contributed by atoms with van der Waals surface area (Å²) in [4.78, 5) is 1.69. The van der Waals surface area contributed by atoms with E-state index in [9.17, 15) is 0 Å². The molecule has 0 radical (unpaired) electrons. The van der Waals surface area contributed by atoms with E-state index in [0.29, 0.717) is 0 Å². The molecule has 2 nitrogen and oxygen atoms in total. The predicted octanol–water partition coefficient (Wildman–Crippen LogP) is 0.920. The van der Waals surface area contributed by atoms with E-state index in [4.69, 9.17) is 0 Å². The smallest absolute Gasteiger partial charge is 0.0821 e. The van der Waals surface area contributed by atoms with Crippen molar-refractivity contribution >= 4 is 0 Å². The lowest BCUT2D eigenvalue weighted by Gasteiger charge is -2.31. The van der Waals surface area contributed by atoms with E-state index < -0.39 is 0 Å². The van der Waals surface area contributed by atoms with E-state index in [1.165, 1.54) is 0 Å². The number of rotatable bonds is 3. The lowest BCUT2D eigenvalue weighted by molar-refractivity contribution is -0.962. The van der Waals surface area contributed by atoms with Crippen LogP contribution in [0.25, 0.3) is 0 Å². The van der Waals surface area contributed by atoms with Crippen LogP contribution in [-0.2, 0) is 0 Å². The van der Waals surface area contributed by atoms with E-state index >= 15 is 0 Å². The summed E-state index contributed by atoms with van der Waals surface area (Å²) in [6.07, 6.45) is 0. The molecule has 0 heterocycles. The highest BCUT2D eigenvalue weighted by atomic mass is 16.0. The molecule has 0 saturated heterocycles. The van der Waals surface area contributed by atoms with Crippen molar-refractivity contribution in [3.8, 4) is 0 Å². The second-order valence-corrected chi connectivity index (χ2v) is 3.96. The van der Waals surface area contributed by atoms with Crippen molar-refractivity contribution in [1.82, 2.24) is 0 Å². The van der Waals surface area contributed by atoms with E-state index in [1.807, 2.05) is 0 Å². The molecule has 2 N–H and O–H groups in total. The van der Waals surface area contributed by atoms with E-state index in [-0.39, 0.29) is 5.48 Å². The molecule has 0 bridgehead atoms. The molecule has 0 atom stereocenters. The van der Waals surface area contributed by atoms with Crippen molar-refractivity contribution in [3.05, 3.63) is 0 Å². The molecule has 0 amide bonds. The van der Waals surface area contributed by atoms with Gasteiger partial charge in [-0.3, -0.25) is 0 Å². The summed E-state index contributed by atoms with van der Waals surface area (Å²) in [5.41, 5.74) is 0. The molecule has 0 aliphatic heterocycles. The Morgan fingerprint density at radius 2 is 0.818 bits per heavy atom. The minimum Gasteiger partial charge on any atom is -0.870 e. The number of quaternary nitrogens is 1. The van der Waals surface area contributed by atoms with Gasteiger partial charge in [-0.25, -0.2) is 0 Å². The van der Waals surface area contributed by atoms with Crippen molar-refractivity contribution in [2.75, 3.05) is 0 Å². The van der Waals surface area contributed by atoms with Crippen LogP contribution in [0.3, 0.4) is 0 Å². The summed E-state index contributed by atoms with van der Waals surface area (Å²) >= 11 is 0. The monoisotopic (exact) mass is 161 g/mol.